The normalized spacial score (nSPS) is 19.8. The predicted molar refractivity (Wildman–Crippen MR) is 146 cm³/mol. The number of aromatic nitrogens is 2. The van der Waals surface area contributed by atoms with Crippen LogP contribution >= 0.6 is 11.3 Å². The van der Waals surface area contributed by atoms with Gasteiger partial charge in [-0.15, -0.1) is 11.3 Å². The van der Waals surface area contributed by atoms with Crippen LogP contribution < -0.4 is 16.4 Å². The van der Waals surface area contributed by atoms with Gasteiger partial charge in [0.1, 0.15) is 10.6 Å². The number of benzene rings is 1. The monoisotopic (exact) mass is 520 g/mol. The molecule has 3 aromatic rings. The van der Waals surface area contributed by atoms with Gasteiger partial charge in [-0.3, -0.25) is 9.69 Å². The van der Waals surface area contributed by atoms with Crippen LogP contribution in [0.15, 0.2) is 24.3 Å². The molecule has 1 aromatic carbocycles. The van der Waals surface area contributed by atoms with Crippen molar-refractivity contribution in [3.05, 3.63) is 34.7 Å². The Morgan fingerprint density at radius 3 is 2.59 bits per heavy atom. The topological polar surface area (TPSA) is 138 Å². The summed E-state index contributed by atoms with van der Waals surface area (Å²) in [4.78, 5) is 31.3. The Morgan fingerprint density at radius 2 is 1.89 bits per heavy atom. The van der Waals surface area contributed by atoms with E-state index in [-0.39, 0.29) is 5.91 Å². The summed E-state index contributed by atoms with van der Waals surface area (Å²) >= 11 is 1.68. The molecular formula is C26H32N8O2S. The summed E-state index contributed by atoms with van der Waals surface area (Å²) in [5.41, 5.74) is 13.6. The maximum absolute atomic E-state index is 12.6. The molecule has 1 saturated carbocycles. The van der Waals surface area contributed by atoms with E-state index in [1.54, 1.807) is 17.4 Å². The highest BCUT2D eigenvalue weighted by molar-refractivity contribution is 7.18. The molecule has 1 amide bonds. The Morgan fingerprint density at radius 1 is 1.14 bits per heavy atom. The molecule has 2 aromatic heterocycles. The van der Waals surface area contributed by atoms with Crippen LogP contribution in [-0.4, -0.2) is 89.9 Å². The molecule has 0 atom stereocenters. The van der Waals surface area contributed by atoms with Crippen molar-refractivity contribution >= 4 is 45.2 Å². The van der Waals surface area contributed by atoms with Crippen LogP contribution in [0, 0.1) is 5.41 Å². The predicted octanol–water partition coefficient (Wildman–Crippen LogP) is 1.91. The van der Waals surface area contributed by atoms with E-state index in [4.69, 9.17) is 31.6 Å². The molecule has 3 fully saturated rings. The fraction of sp³-hybridized carbons (Fsp3) is 0.462. The van der Waals surface area contributed by atoms with Crippen molar-refractivity contribution in [2.75, 3.05) is 63.1 Å². The van der Waals surface area contributed by atoms with Crippen molar-refractivity contribution in [2.24, 2.45) is 5.73 Å². The van der Waals surface area contributed by atoms with Gasteiger partial charge >= 0.3 is 0 Å². The van der Waals surface area contributed by atoms with Crippen molar-refractivity contribution in [1.82, 2.24) is 19.8 Å². The second kappa shape index (κ2) is 9.64. The average molecular weight is 521 g/mol. The first-order valence-corrected chi connectivity index (χ1v) is 13.6. The minimum Gasteiger partial charge on any atom is -0.398 e. The zero-order valence-electron chi connectivity index (χ0n) is 20.8. The molecule has 3 aliphatic rings. The molecule has 0 radical (unpaired) electrons. The molecule has 6 rings (SSSR count). The molecule has 194 valence electrons. The van der Waals surface area contributed by atoms with Gasteiger partial charge in [0.2, 0.25) is 5.91 Å². The summed E-state index contributed by atoms with van der Waals surface area (Å²) in [6.45, 7) is 6.75. The third kappa shape index (κ3) is 4.68. The molecule has 0 unspecified atom stereocenters. The lowest BCUT2D eigenvalue weighted by Crippen LogP contribution is -2.53. The van der Waals surface area contributed by atoms with Crippen molar-refractivity contribution in [2.45, 2.75) is 24.9 Å². The van der Waals surface area contributed by atoms with E-state index in [1.807, 2.05) is 17.0 Å². The number of piperazine rings is 1. The van der Waals surface area contributed by atoms with Crippen molar-refractivity contribution in [3.8, 4) is 11.4 Å². The highest BCUT2D eigenvalue weighted by Gasteiger charge is 2.48. The zero-order chi connectivity index (χ0) is 25.6. The van der Waals surface area contributed by atoms with Gasteiger partial charge in [0.05, 0.1) is 24.1 Å². The van der Waals surface area contributed by atoms with Gasteiger partial charge in [0.25, 0.3) is 0 Å². The maximum Gasteiger partial charge on any atom is 0.242 e. The number of rotatable bonds is 6. The number of hydrogen-bond acceptors (Lipinski definition) is 10. The average Bonchev–Trinajstić information content (AvgIpc) is 3.55. The van der Waals surface area contributed by atoms with Crippen LogP contribution in [0.5, 0.6) is 0 Å². The molecule has 1 aliphatic carbocycles. The minimum atomic E-state index is -0.596. The number of amides is 1. The summed E-state index contributed by atoms with van der Waals surface area (Å²) in [6.07, 6.45) is 2.88. The quantitative estimate of drug-likeness (QED) is 0.331. The van der Waals surface area contributed by atoms with E-state index in [0.29, 0.717) is 43.4 Å². The first-order chi connectivity index (χ1) is 17.9. The van der Waals surface area contributed by atoms with Crippen LogP contribution in [0.1, 0.15) is 23.3 Å². The molecule has 0 bridgehead atoms. The molecule has 11 heteroatoms. The van der Waals surface area contributed by atoms with E-state index in [1.165, 1.54) is 11.1 Å². The molecule has 2 saturated heterocycles. The van der Waals surface area contributed by atoms with Gasteiger partial charge in [-0.1, -0.05) is 12.1 Å². The number of thiophene rings is 1. The molecule has 4 heterocycles. The summed E-state index contributed by atoms with van der Waals surface area (Å²) in [5, 5.41) is 8.93. The first-order valence-electron chi connectivity index (χ1n) is 12.8. The van der Waals surface area contributed by atoms with Crippen molar-refractivity contribution in [3.63, 3.8) is 0 Å². The van der Waals surface area contributed by atoms with E-state index in [2.05, 4.69) is 15.9 Å². The van der Waals surface area contributed by atoms with Crippen molar-refractivity contribution in [1.29, 1.82) is 5.41 Å². The maximum atomic E-state index is 12.6. The molecular weight excluding hydrogens is 488 g/mol. The number of nitrogens with one attached hydrogen (secondary N) is 1. The number of fused-ring (bicyclic) bond motifs is 1. The third-order valence-corrected chi connectivity index (χ3v) is 8.53. The molecule has 10 nitrogen and oxygen atoms in total. The number of nitrogen functional groups attached to an aromatic ring is 1. The fourth-order valence-corrected chi connectivity index (χ4v) is 6.17. The third-order valence-electron chi connectivity index (χ3n) is 7.51. The van der Waals surface area contributed by atoms with Crippen LogP contribution in [0.25, 0.3) is 21.6 Å². The Labute approximate surface area is 219 Å². The number of nitrogens with zero attached hydrogens (tertiary/aromatic N) is 5. The standard InChI is InChI=1S/C26H32N8O2S/c27-15-20-18(2-1-3-21(20)28)22-30-23(33-10-12-36-13-11-33)19-14-17(37-24(19)31-22)16-32-6-8-34(9-7-32)25(35)26(29)4-5-26/h1-3,14-15,27H,4-13,16,28-29H2. The number of anilines is 2. The molecule has 2 aliphatic heterocycles. The Balaban J connectivity index is 1.29. The summed E-state index contributed by atoms with van der Waals surface area (Å²) < 4.78 is 5.59. The largest absolute Gasteiger partial charge is 0.398 e. The lowest BCUT2D eigenvalue weighted by molar-refractivity contribution is -0.135. The minimum absolute atomic E-state index is 0.109. The number of hydrogen-bond donors (Lipinski definition) is 3. The Hall–Kier alpha value is -3.12. The zero-order valence-corrected chi connectivity index (χ0v) is 21.6. The van der Waals surface area contributed by atoms with Gasteiger partial charge in [-0.05, 0) is 25.0 Å². The number of nitrogens with two attached hydrogens (primary N) is 2. The number of morpholine rings is 1. The van der Waals surface area contributed by atoms with E-state index < -0.39 is 5.54 Å². The SMILES string of the molecule is N=Cc1c(N)cccc1-c1nc(N2CCOCC2)c2cc(CN3CCN(C(=O)C4(N)CC4)CC3)sc2n1. The van der Waals surface area contributed by atoms with Crippen LogP contribution in [0.3, 0.4) is 0 Å². The Bertz CT molecular complexity index is 1340. The second-order valence-electron chi connectivity index (χ2n) is 10.1. The fourth-order valence-electron chi connectivity index (χ4n) is 5.10. The molecule has 37 heavy (non-hydrogen) atoms. The van der Waals surface area contributed by atoms with Crippen LogP contribution in [0.2, 0.25) is 0 Å². The lowest BCUT2D eigenvalue weighted by atomic mass is 10.1. The highest BCUT2D eigenvalue weighted by Crippen LogP contribution is 2.36. The van der Waals surface area contributed by atoms with E-state index >= 15 is 0 Å². The first kappa shape index (κ1) is 24.2. The highest BCUT2D eigenvalue weighted by atomic mass is 32.1. The Kier molecular flexibility index (Phi) is 6.31. The number of carbonyl (C=O) groups excluding carboxylic acids is 1. The van der Waals surface area contributed by atoms with E-state index in [0.717, 1.165) is 67.2 Å². The van der Waals surface area contributed by atoms with E-state index in [9.17, 15) is 4.79 Å². The van der Waals surface area contributed by atoms with Gasteiger partial charge in [0, 0.05) is 73.7 Å². The smallest absolute Gasteiger partial charge is 0.242 e. The van der Waals surface area contributed by atoms with Gasteiger partial charge in [-0.2, -0.15) is 0 Å². The second-order valence-corrected chi connectivity index (χ2v) is 11.2. The number of ether oxygens (including phenoxy) is 1. The van der Waals surface area contributed by atoms with Gasteiger partial charge < -0.3 is 31.4 Å². The summed E-state index contributed by atoms with van der Waals surface area (Å²) in [6, 6.07) is 7.80. The molecule has 5 N–H and O–H groups in total. The van der Waals surface area contributed by atoms with Gasteiger partial charge in [0.15, 0.2) is 5.82 Å². The van der Waals surface area contributed by atoms with Crippen LogP contribution in [0.4, 0.5) is 11.5 Å². The molecule has 0 spiro atoms. The number of carbonyl (C=O) groups is 1. The summed E-state index contributed by atoms with van der Waals surface area (Å²) in [5.74, 6) is 1.59. The van der Waals surface area contributed by atoms with Crippen LogP contribution in [-0.2, 0) is 16.1 Å². The lowest BCUT2D eigenvalue weighted by Gasteiger charge is -2.35. The van der Waals surface area contributed by atoms with Gasteiger partial charge in [-0.25, -0.2) is 9.97 Å². The van der Waals surface area contributed by atoms with Crippen molar-refractivity contribution < 1.29 is 9.53 Å². The summed E-state index contributed by atoms with van der Waals surface area (Å²) in [7, 11) is 0.